The molecular formula is C14H21NO2. The number of benzene rings is 1. The first-order valence-corrected chi connectivity index (χ1v) is 6.30. The normalized spacial score (nSPS) is 26.5. The highest BCUT2D eigenvalue weighted by Gasteiger charge is 2.29. The van der Waals surface area contributed by atoms with Crippen LogP contribution in [0, 0.1) is 5.92 Å². The van der Waals surface area contributed by atoms with E-state index in [1.54, 1.807) is 7.11 Å². The van der Waals surface area contributed by atoms with Crippen LogP contribution in [0.1, 0.15) is 37.4 Å². The third-order valence-corrected chi connectivity index (χ3v) is 3.74. The van der Waals surface area contributed by atoms with Crippen LogP contribution in [0.25, 0.3) is 0 Å². The summed E-state index contributed by atoms with van der Waals surface area (Å²) in [5.74, 6) is 1.01. The molecule has 0 bridgehead atoms. The van der Waals surface area contributed by atoms with Crippen molar-refractivity contribution >= 4 is 0 Å². The van der Waals surface area contributed by atoms with Crippen molar-refractivity contribution < 1.29 is 9.84 Å². The Hall–Kier alpha value is -1.06. The fraction of sp³-hybridized carbons (Fsp3) is 0.571. The van der Waals surface area contributed by atoms with Gasteiger partial charge in [0.05, 0.1) is 13.2 Å². The largest absolute Gasteiger partial charge is 0.497 e. The molecule has 0 unspecified atom stereocenters. The van der Waals surface area contributed by atoms with Crippen LogP contribution in [0.4, 0.5) is 0 Å². The van der Waals surface area contributed by atoms with E-state index in [0.717, 1.165) is 24.2 Å². The van der Waals surface area contributed by atoms with Gasteiger partial charge in [0.2, 0.25) is 0 Å². The number of methoxy groups -OCH3 is 1. The van der Waals surface area contributed by atoms with Gasteiger partial charge >= 0.3 is 0 Å². The van der Waals surface area contributed by atoms with Crippen molar-refractivity contribution in [3.8, 4) is 5.75 Å². The quantitative estimate of drug-likeness (QED) is 0.844. The number of aliphatic hydroxyl groups excluding tert-OH is 1. The fourth-order valence-corrected chi connectivity index (χ4v) is 2.63. The summed E-state index contributed by atoms with van der Waals surface area (Å²) in [6.07, 6.45) is 3.96. The number of rotatable bonds is 3. The predicted molar refractivity (Wildman–Crippen MR) is 67.9 cm³/mol. The van der Waals surface area contributed by atoms with E-state index in [4.69, 9.17) is 10.5 Å². The summed E-state index contributed by atoms with van der Waals surface area (Å²) in [7, 11) is 1.64. The van der Waals surface area contributed by atoms with Crippen LogP contribution in [0.15, 0.2) is 24.3 Å². The van der Waals surface area contributed by atoms with Crippen molar-refractivity contribution in [2.45, 2.75) is 37.8 Å². The van der Waals surface area contributed by atoms with Gasteiger partial charge in [0, 0.05) is 12.0 Å². The third kappa shape index (κ3) is 2.79. The van der Waals surface area contributed by atoms with E-state index in [1.165, 1.54) is 12.8 Å². The molecule has 1 aliphatic rings. The molecule has 0 radical (unpaired) electrons. The summed E-state index contributed by atoms with van der Waals surface area (Å²) in [5.41, 5.74) is 7.03. The van der Waals surface area contributed by atoms with Crippen LogP contribution in [0.3, 0.4) is 0 Å². The summed E-state index contributed by atoms with van der Waals surface area (Å²) < 4.78 is 5.11. The van der Waals surface area contributed by atoms with E-state index in [0.29, 0.717) is 0 Å². The van der Waals surface area contributed by atoms with Crippen LogP contribution >= 0.6 is 0 Å². The van der Waals surface area contributed by atoms with Gasteiger partial charge in [-0.3, -0.25) is 0 Å². The van der Waals surface area contributed by atoms with E-state index < -0.39 is 6.10 Å². The zero-order chi connectivity index (χ0) is 12.3. The molecule has 3 N–H and O–H groups in total. The summed E-state index contributed by atoms with van der Waals surface area (Å²) in [6, 6.07) is 7.73. The molecule has 0 aromatic heterocycles. The Balaban J connectivity index is 2.09. The Morgan fingerprint density at radius 2 is 1.88 bits per heavy atom. The minimum atomic E-state index is -0.448. The first-order chi connectivity index (χ1) is 8.22. The zero-order valence-corrected chi connectivity index (χ0v) is 10.3. The van der Waals surface area contributed by atoms with Crippen molar-refractivity contribution in [2.24, 2.45) is 11.7 Å². The third-order valence-electron chi connectivity index (χ3n) is 3.74. The molecule has 0 amide bonds. The Morgan fingerprint density at radius 3 is 2.47 bits per heavy atom. The molecule has 17 heavy (non-hydrogen) atoms. The van der Waals surface area contributed by atoms with Crippen molar-refractivity contribution in [3.05, 3.63) is 29.8 Å². The highest BCUT2D eigenvalue weighted by molar-refractivity contribution is 5.28. The lowest BCUT2D eigenvalue weighted by Gasteiger charge is -2.32. The Labute approximate surface area is 103 Å². The molecule has 1 aliphatic carbocycles. The topological polar surface area (TPSA) is 55.5 Å². The first kappa shape index (κ1) is 12.4. The molecule has 0 saturated heterocycles. The van der Waals surface area contributed by atoms with Gasteiger partial charge in [-0.15, -0.1) is 0 Å². The van der Waals surface area contributed by atoms with Crippen molar-refractivity contribution in [2.75, 3.05) is 7.11 Å². The Morgan fingerprint density at radius 1 is 1.24 bits per heavy atom. The predicted octanol–water partition coefficient (Wildman–Crippen LogP) is 2.25. The number of nitrogens with two attached hydrogens (primary N) is 1. The van der Waals surface area contributed by atoms with Crippen molar-refractivity contribution in [1.29, 1.82) is 0 Å². The Kier molecular flexibility index (Phi) is 4.02. The highest BCUT2D eigenvalue weighted by atomic mass is 16.5. The fourth-order valence-electron chi connectivity index (χ4n) is 2.63. The molecule has 3 nitrogen and oxygen atoms in total. The highest BCUT2D eigenvalue weighted by Crippen LogP contribution is 2.34. The lowest BCUT2D eigenvalue weighted by atomic mass is 9.79. The van der Waals surface area contributed by atoms with Crippen LogP contribution in [0.2, 0.25) is 0 Å². The molecular weight excluding hydrogens is 214 g/mol. The van der Waals surface area contributed by atoms with E-state index in [-0.39, 0.29) is 12.0 Å². The standard InChI is InChI=1S/C14H21NO2/c1-17-11-8-6-10(7-9-11)14(16)12-4-2-3-5-13(12)15/h6-9,12-14,16H,2-5,15H2,1H3/t12-,13+,14+/m1/s1. The average molecular weight is 235 g/mol. The minimum Gasteiger partial charge on any atom is -0.497 e. The molecule has 0 spiro atoms. The molecule has 0 aliphatic heterocycles. The molecule has 2 rings (SSSR count). The summed E-state index contributed by atoms with van der Waals surface area (Å²) in [4.78, 5) is 0. The lowest BCUT2D eigenvalue weighted by Crippen LogP contribution is -2.36. The maximum Gasteiger partial charge on any atom is 0.118 e. The van der Waals surface area contributed by atoms with Crippen molar-refractivity contribution in [1.82, 2.24) is 0 Å². The maximum atomic E-state index is 10.4. The second kappa shape index (κ2) is 5.52. The zero-order valence-electron chi connectivity index (χ0n) is 10.3. The molecule has 1 fully saturated rings. The smallest absolute Gasteiger partial charge is 0.118 e. The number of hydrogen-bond donors (Lipinski definition) is 2. The molecule has 1 aromatic rings. The second-order valence-corrected chi connectivity index (χ2v) is 4.83. The van der Waals surface area contributed by atoms with E-state index in [1.807, 2.05) is 24.3 Å². The lowest BCUT2D eigenvalue weighted by molar-refractivity contribution is 0.0721. The molecule has 3 atom stereocenters. The molecule has 0 heterocycles. The van der Waals surface area contributed by atoms with Crippen LogP contribution in [0.5, 0.6) is 5.75 Å². The number of hydrogen-bond acceptors (Lipinski definition) is 3. The van der Waals surface area contributed by atoms with Crippen molar-refractivity contribution in [3.63, 3.8) is 0 Å². The maximum absolute atomic E-state index is 10.4. The van der Waals surface area contributed by atoms with E-state index >= 15 is 0 Å². The Bertz CT molecular complexity index is 350. The van der Waals surface area contributed by atoms with Gasteiger partial charge in [-0.25, -0.2) is 0 Å². The van der Waals surface area contributed by atoms with Gasteiger partial charge in [-0.2, -0.15) is 0 Å². The molecule has 1 aromatic carbocycles. The van der Waals surface area contributed by atoms with Gasteiger partial charge < -0.3 is 15.6 Å². The number of aliphatic hydroxyl groups is 1. The first-order valence-electron chi connectivity index (χ1n) is 6.30. The van der Waals surface area contributed by atoms with E-state index in [9.17, 15) is 5.11 Å². The minimum absolute atomic E-state index is 0.126. The number of ether oxygens (including phenoxy) is 1. The molecule has 94 valence electrons. The summed E-state index contributed by atoms with van der Waals surface area (Å²) >= 11 is 0. The SMILES string of the molecule is COc1ccc([C@H](O)[C@@H]2CCCC[C@@H]2N)cc1. The van der Waals surface area contributed by atoms with Gasteiger partial charge in [0.1, 0.15) is 5.75 Å². The van der Waals surface area contributed by atoms with Gasteiger partial charge in [-0.05, 0) is 30.5 Å². The van der Waals surface area contributed by atoms with Crippen LogP contribution in [-0.2, 0) is 0 Å². The van der Waals surface area contributed by atoms with Crippen LogP contribution < -0.4 is 10.5 Å². The molecule has 3 heteroatoms. The van der Waals surface area contributed by atoms with E-state index in [2.05, 4.69) is 0 Å². The van der Waals surface area contributed by atoms with Gasteiger partial charge in [0.25, 0.3) is 0 Å². The summed E-state index contributed by atoms with van der Waals surface area (Å²) in [5, 5.41) is 10.4. The van der Waals surface area contributed by atoms with Gasteiger partial charge in [-0.1, -0.05) is 25.0 Å². The second-order valence-electron chi connectivity index (χ2n) is 4.83. The van der Waals surface area contributed by atoms with Crippen LogP contribution in [-0.4, -0.2) is 18.3 Å². The molecule has 1 saturated carbocycles. The van der Waals surface area contributed by atoms with Gasteiger partial charge in [0.15, 0.2) is 0 Å². The monoisotopic (exact) mass is 235 g/mol. The average Bonchev–Trinajstić information content (AvgIpc) is 2.39. The summed E-state index contributed by atoms with van der Waals surface area (Å²) in [6.45, 7) is 0.